The Balaban J connectivity index is 2.47. The summed E-state index contributed by atoms with van der Waals surface area (Å²) in [7, 11) is 0. The second-order valence-electron chi connectivity index (χ2n) is 4.71. The molecule has 0 amide bonds. The van der Waals surface area contributed by atoms with Crippen molar-refractivity contribution in [2.24, 2.45) is 5.41 Å². The Kier molecular flexibility index (Phi) is 2.37. The van der Waals surface area contributed by atoms with Crippen LogP contribution >= 0.6 is 15.9 Å². The van der Waals surface area contributed by atoms with Crippen LogP contribution in [0.3, 0.4) is 0 Å². The van der Waals surface area contributed by atoms with Crippen molar-refractivity contribution in [2.45, 2.75) is 32.6 Å². The number of halogens is 1. The SMILES string of the molecule is CC1(C)Cc2nc(Br)oc2C(C(=O)O)C1. The van der Waals surface area contributed by atoms with E-state index >= 15 is 0 Å². The number of aromatic nitrogens is 1. The van der Waals surface area contributed by atoms with Gasteiger partial charge < -0.3 is 9.52 Å². The summed E-state index contributed by atoms with van der Waals surface area (Å²) in [6, 6.07) is 0. The number of carbonyl (C=O) groups is 1. The zero-order valence-electron chi connectivity index (χ0n) is 8.58. The lowest BCUT2D eigenvalue weighted by Gasteiger charge is -2.31. The molecule has 4 nitrogen and oxygen atoms in total. The molecule has 0 bridgehead atoms. The van der Waals surface area contributed by atoms with E-state index in [1.54, 1.807) is 0 Å². The predicted molar refractivity (Wildman–Crippen MR) is 56.7 cm³/mol. The summed E-state index contributed by atoms with van der Waals surface area (Å²) in [5.41, 5.74) is 0.734. The van der Waals surface area contributed by atoms with Gasteiger partial charge in [-0.2, -0.15) is 0 Å². The lowest BCUT2D eigenvalue weighted by Crippen LogP contribution is -2.29. The number of rotatable bonds is 1. The van der Waals surface area contributed by atoms with Crippen LogP contribution in [0.4, 0.5) is 0 Å². The average Bonchev–Trinajstić information content (AvgIpc) is 2.41. The van der Waals surface area contributed by atoms with Crippen LogP contribution in [0, 0.1) is 5.41 Å². The third kappa shape index (κ3) is 1.93. The molecule has 2 rings (SSSR count). The van der Waals surface area contributed by atoms with Crippen molar-refractivity contribution in [1.82, 2.24) is 4.98 Å². The molecule has 0 aromatic carbocycles. The molecule has 1 heterocycles. The van der Waals surface area contributed by atoms with E-state index < -0.39 is 11.9 Å². The highest BCUT2D eigenvalue weighted by Crippen LogP contribution is 2.42. The normalized spacial score (nSPS) is 23.5. The van der Waals surface area contributed by atoms with Gasteiger partial charge in [0.2, 0.25) is 0 Å². The molecule has 0 saturated carbocycles. The van der Waals surface area contributed by atoms with Crippen molar-refractivity contribution in [3.05, 3.63) is 16.3 Å². The number of aliphatic carboxylic acids is 1. The molecule has 1 N–H and O–H groups in total. The molecule has 15 heavy (non-hydrogen) atoms. The van der Waals surface area contributed by atoms with Gasteiger partial charge in [-0.25, -0.2) is 4.98 Å². The summed E-state index contributed by atoms with van der Waals surface area (Å²) in [5, 5.41) is 9.12. The monoisotopic (exact) mass is 273 g/mol. The molecule has 82 valence electrons. The van der Waals surface area contributed by atoms with E-state index in [9.17, 15) is 4.79 Å². The zero-order chi connectivity index (χ0) is 11.2. The van der Waals surface area contributed by atoms with Gasteiger partial charge in [0.05, 0.1) is 5.69 Å². The number of oxazole rings is 1. The molecule has 0 saturated heterocycles. The molecular weight excluding hydrogens is 262 g/mol. The maximum atomic E-state index is 11.1. The Morgan fingerprint density at radius 3 is 2.93 bits per heavy atom. The predicted octanol–water partition coefficient (Wildman–Crippen LogP) is 2.58. The van der Waals surface area contributed by atoms with Gasteiger partial charge in [-0.1, -0.05) is 13.8 Å². The van der Waals surface area contributed by atoms with Crippen LogP contribution in [0.5, 0.6) is 0 Å². The third-order valence-electron chi connectivity index (χ3n) is 2.72. The molecule has 1 atom stereocenters. The van der Waals surface area contributed by atoms with Crippen molar-refractivity contribution in [3.63, 3.8) is 0 Å². The first-order chi connectivity index (χ1) is 6.89. The van der Waals surface area contributed by atoms with E-state index in [4.69, 9.17) is 9.52 Å². The minimum atomic E-state index is -0.840. The first-order valence-electron chi connectivity index (χ1n) is 4.77. The first-order valence-corrected chi connectivity index (χ1v) is 5.56. The highest BCUT2D eigenvalue weighted by molar-refractivity contribution is 9.10. The largest absolute Gasteiger partial charge is 0.481 e. The molecule has 0 spiro atoms. The molecule has 1 aliphatic carbocycles. The number of carboxylic acids is 1. The maximum Gasteiger partial charge on any atom is 0.314 e. The van der Waals surface area contributed by atoms with Crippen molar-refractivity contribution >= 4 is 21.9 Å². The van der Waals surface area contributed by atoms with Gasteiger partial charge in [0.15, 0.2) is 0 Å². The van der Waals surface area contributed by atoms with Crippen LogP contribution in [-0.2, 0) is 11.2 Å². The topological polar surface area (TPSA) is 63.3 Å². The molecule has 1 aromatic heterocycles. The molecule has 1 aromatic rings. The van der Waals surface area contributed by atoms with Gasteiger partial charge in [-0.3, -0.25) is 4.79 Å². The van der Waals surface area contributed by atoms with Crippen molar-refractivity contribution in [1.29, 1.82) is 0 Å². The van der Waals surface area contributed by atoms with Crippen LogP contribution in [0.15, 0.2) is 9.22 Å². The van der Waals surface area contributed by atoms with Gasteiger partial charge in [0.25, 0.3) is 4.80 Å². The summed E-state index contributed by atoms with van der Waals surface area (Å²) in [6.45, 7) is 4.10. The third-order valence-corrected chi connectivity index (χ3v) is 3.06. The van der Waals surface area contributed by atoms with Crippen LogP contribution in [0.25, 0.3) is 0 Å². The fraction of sp³-hybridized carbons (Fsp3) is 0.600. The average molecular weight is 274 g/mol. The minimum Gasteiger partial charge on any atom is -0.481 e. The Morgan fingerprint density at radius 1 is 1.67 bits per heavy atom. The van der Waals surface area contributed by atoms with E-state index in [-0.39, 0.29) is 5.41 Å². The lowest BCUT2D eigenvalue weighted by atomic mass is 9.73. The quantitative estimate of drug-likeness (QED) is 0.854. The van der Waals surface area contributed by atoms with Crippen LogP contribution in [0.1, 0.15) is 37.6 Å². The highest BCUT2D eigenvalue weighted by Gasteiger charge is 2.39. The Labute approximate surface area is 95.8 Å². The molecular formula is C10H12BrNO3. The minimum absolute atomic E-state index is 0.0353. The van der Waals surface area contributed by atoms with Gasteiger partial charge in [0, 0.05) is 15.9 Å². The highest BCUT2D eigenvalue weighted by atomic mass is 79.9. The number of hydrogen-bond acceptors (Lipinski definition) is 3. The second kappa shape index (κ2) is 3.33. The van der Waals surface area contributed by atoms with Gasteiger partial charge in [-0.15, -0.1) is 0 Å². The molecule has 1 aliphatic rings. The number of nitrogens with zero attached hydrogens (tertiary/aromatic N) is 1. The Hall–Kier alpha value is -0.840. The lowest BCUT2D eigenvalue weighted by molar-refractivity contribution is -0.140. The van der Waals surface area contributed by atoms with Crippen molar-refractivity contribution < 1.29 is 14.3 Å². The van der Waals surface area contributed by atoms with Crippen molar-refractivity contribution in [3.8, 4) is 0 Å². The number of carboxylic acid groups (broad SMARTS) is 1. The van der Waals surface area contributed by atoms with Gasteiger partial charge in [0.1, 0.15) is 11.7 Å². The number of fused-ring (bicyclic) bond motifs is 1. The zero-order valence-corrected chi connectivity index (χ0v) is 10.2. The Bertz CT molecular complexity index is 411. The fourth-order valence-corrected chi connectivity index (χ4v) is 2.49. The van der Waals surface area contributed by atoms with Gasteiger partial charge in [-0.05, 0) is 18.3 Å². The van der Waals surface area contributed by atoms with E-state index in [1.165, 1.54) is 0 Å². The molecule has 0 fully saturated rings. The van der Waals surface area contributed by atoms with E-state index in [0.29, 0.717) is 17.0 Å². The molecule has 0 radical (unpaired) electrons. The first kappa shape index (κ1) is 10.7. The Morgan fingerprint density at radius 2 is 2.33 bits per heavy atom. The van der Waals surface area contributed by atoms with Crippen LogP contribution in [-0.4, -0.2) is 16.1 Å². The fourth-order valence-electron chi connectivity index (χ4n) is 2.10. The van der Waals surface area contributed by atoms with Crippen LogP contribution < -0.4 is 0 Å². The van der Waals surface area contributed by atoms with Gasteiger partial charge >= 0.3 is 5.97 Å². The summed E-state index contributed by atoms with van der Waals surface area (Å²) in [5.74, 6) is -0.899. The molecule has 5 heteroatoms. The van der Waals surface area contributed by atoms with E-state index in [2.05, 4.69) is 34.8 Å². The van der Waals surface area contributed by atoms with Crippen LogP contribution in [0.2, 0.25) is 0 Å². The standard InChI is InChI=1S/C10H12BrNO3/c1-10(2)3-5(8(13)14)7-6(4-10)12-9(11)15-7/h5H,3-4H2,1-2H3,(H,13,14). The summed E-state index contributed by atoms with van der Waals surface area (Å²) < 4.78 is 5.30. The molecule has 0 aliphatic heterocycles. The summed E-state index contributed by atoms with van der Waals surface area (Å²) in [4.78, 5) is 15.6. The molecule has 1 unspecified atom stereocenters. The smallest absolute Gasteiger partial charge is 0.314 e. The van der Waals surface area contributed by atoms with Crippen molar-refractivity contribution in [2.75, 3.05) is 0 Å². The second-order valence-corrected chi connectivity index (χ2v) is 5.39. The number of hydrogen-bond donors (Lipinski definition) is 1. The van der Waals surface area contributed by atoms with E-state index in [1.807, 2.05) is 0 Å². The summed E-state index contributed by atoms with van der Waals surface area (Å²) in [6.07, 6.45) is 1.36. The maximum absolute atomic E-state index is 11.1. The summed E-state index contributed by atoms with van der Waals surface area (Å²) >= 11 is 3.14. The van der Waals surface area contributed by atoms with E-state index in [0.717, 1.165) is 12.1 Å².